The van der Waals surface area contributed by atoms with Crippen LogP contribution in [0.5, 0.6) is 11.5 Å². The number of fused-ring (bicyclic) bond motifs is 1. The standard InChI is InChI=1S/C31H41N5O3/c1-22(2)29(39-30-20-26(38-5)11-10-23(30)3)14-18-33-16-12-25(13-17-33)36-28-9-7-6-8-27(28)35(31(36)37)21-34-19-15-32-24(34)4/h6-11,15,19-20,22,25,29H,12-14,16-18,21H2,1-5H3. The Balaban J connectivity index is 1.25. The summed E-state index contributed by atoms with van der Waals surface area (Å²) in [6.07, 6.45) is 6.71. The highest BCUT2D eigenvalue weighted by Crippen LogP contribution is 2.29. The lowest BCUT2D eigenvalue weighted by Gasteiger charge is -2.34. The second-order valence-corrected chi connectivity index (χ2v) is 11.0. The maximum atomic E-state index is 13.7. The number of ether oxygens (including phenoxy) is 2. The molecule has 0 bridgehead atoms. The molecule has 8 heteroatoms. The van der Waals surface area contributed by atoms with Crippen molar-refractivity contribution >= 4 is 11.0 Å². The molecule has 0 saturated carbocycles. The van der Waals surface area contributed by atoms with Crippen LogP contribution in [0.15, 0.2) is 59.7 Å². The Morgan fingerprint density at radius 2 is 1.79 bits per heavy atom. The van der Waals surface area contributed by atoms with Gasteiger partial charge in [0.05, 0.1) is 18.1 Å². The van der Waals surface area contributed by atoms with E-state index in [1.54, 1.807) is 13.3 Å². The highest BCUT2D eigenvalue weighted by Gasteiger charge is 2.26. The third-order valence-corrected chi connectivity index (χ3v) is 8.16. The third-order valence-electron chi connectivity index (χ3n) is 8.16. The Kier molecular flexibility index (Phi) is 8.12. The lowest BCUT2D eigenvalue weighted by Crippen LogP contribution is -2.40. The summed E-state index contributed by atoms with van der Waals surface area (Å²) in [5.41, 5.74) is 3.17. The summed E-state index contributed by atoms with van der Waals surface area (Å²) in [6, 6.07) is 14.3. The Labute approximate surface area is 230 Å². The summed E-state index contributed by atoms with van der Waals surface area (Å²) in [5.74, 6) is 3.01. The molecule has 0 N–H and O–H groups in total. The van der Waals surface area contributed by atoms with Crippen LogP contribution in [0.4, 0.5) is 0 Å². The maximum absolute atomic E-state index is 13.7. The van der Waals surface area contributed by atoms with E-state index in [2.05, 4.69) is 36.7 Å². The molecule has 1 unspecified atom stereocenters. The number of imidazole rings is 2. The van der Waals surface area contributed by atoms with Gasteiger partial charge in [-0.1, -0.05) is 32.0 Å². The van der Waals surface area contributed by atoms with Crippen molar-refractivity contribution in [1.29, 1.82) is 0 Å². The van der Waals surface area contributed by atoms with Gasteiger partial charge in [0.1, 0.15) is 30.1 Å². The van der Waals surface area contributed by atoms with Crippen molar-refractivity contribution < 1.29 is 9.47 Å². The van der Waals surface area contributed by atoms with Gasteiger partial charge in [0.25, 0.3) is 0 Å². The number of aryl methyl sites for hydroxylation is 2. The van der Waals surface area contributed by atoms with Gasteiger partial charge in [0.2, 0.25) is 0 Å². The summed E-state index contributed by atoms with van der Waals surface area (Å²) in [4.78, 5) is 20.5. The molecular formula is C31H41N5O3. The lowest BCUT2D eigenvalue weighted by atomic mass is 10.0. The topological polar surface area (TPSA) is 66.5 Å². The molecule has 208 valence electrons. The molecule has 0 radical (unpaired) electrons. The van der Waals surface area contributed by atoms with Crippen molar-refractivity contribution in [3.63, 3.8) is 0 Å². The zero-order chi connectivity index (χ0) is 27.5. The molecule has 8 nitrogen and oxygen atoms in total. The SMILES string of the molecule is COc1ccc(C)c(OC(CCN2CCC(n3c(=O)n(Cn4ccnc4C)c4ccccc43)CC2)C(C)C)c1. The number of methoxy groups -OCH3 is 1. The van der Waals surface area contributed by atoms with Gasteiger partial charge in [-0.3, -0.25) is 9.13 Å². The first kappa shape index (κ1) is 27.1. The Bertz CT molecular complexity index is 1460. The minimum atomic E-state index is 0.0599. The maximum Gasteiger partial charge on any atom is 0.330 e. The van der Waals surface area contributed by atoms with Crippen molar-refractivity contribution in [2.24, 2.45) is 5.92 Å². The largest absolute Gasteiger partial charge is 0.497 e. The fourth-order valence-electron chi connectivity index (χ4n) is 5.66. The van der Waals surface area contributed by atoms with Crippen LogP contribution >= 0.6 is 0 Å². The number of rotatable bonds is 10. The van der Waals surface area contributed by atoms with Crippen LogP contribution in [-0.4, -0.2) is 56.4 Å². The van der Waals surface area contributed by atoms with Crippen LogP contribution < -0.4 is 15.2 Å². The molecule has 1 aliphatic rings. The van der Waals surface area contributed by atoms with Crippen molar-refractivity contribution in [2.45, 2.75) is 65.8 Å². The molecule has 1 fully saturated rings. The van der Waals surface area contributed by atoms with Gasteiger partial charge in [0.15, 0.2) is 0 Å². The van der Waals surface area contributed by atoms with Gasteiger partial charge in [-0.15, -0.1) is 0 Å². The van der Waals surface area contributed by atoms with Crippen LogP contribution in [0.25, 0.3) is 11.0 Å². The van der Waals surface area contributed by atoms with E-state index in [0.29, 0.717) is 12.6 Å². The predicted octanol–water partition coefficient (Wildman–Crippen LogP) is 5.26. The number of benzene rings is 2. The lowest BCUT2D eigenvalue weighted by molar-refractivity contribution is 0.109. The molecule has 0 spiro atoms. The number of hydrogen-bond donors (Lipinski definition) is 0. The van der Waals surface area contributed by atoms with Gasteiger partial charge in [-0.25, -0.2) is 9.78 Å². The van der Waals surface area contributed by atoms with Crippen molar-refractivity contribution in [3.8, 4) is 11.5 Å². The van der Waals surface area contributed by atoms with E-state index >= 15 is 0 Å². The van der Waals surface area contributed by atoms with Crippen molar-refractivity contribution in [2.75, 3.05) is 26.7 Å². The van der Waals surface area contributed by atoms with E-state index in [1.165, 1.54) is 0 Å². The molecule has 1 saturated heterocycles. The average molecular weight is 532 g/mol. The van der Waals surface area contributed by atoms with E-state index < -0.39 is 0 Å². The number of para-hydroxylation sites is 2. The minimum Gasteiger partial charge on any atom is -0.497 e. The van der Waals surface area contributed by atoms with Gasteiger partial charge in [0, 0.05) is 44.1 Å². The molecule has 39 heavy (non-hydrogen) atoms. The Hall–Kier alpha value is -3.52. The summed E-state index contributed by atoms with van der Waals surface area (Å²) >= 11 is 0. The molecular weight excluding hydrogens is 490 g/mol. The molecule has 2 aromatic heterocycles. The average Bonchev–Trinajstić information content (AvgIpc) is 3.47. The Morgan fingerprint density at radius 3 is 2.46 bits per heavy atom. The normalized spacial score (nSPS) is 15.7. The minimum absolute atomic E-state index is 0.0599. The zero-order valence-corrected chi connectivity index (χ0v) is 23.8. The summed E-state index contributed by atoms with van der Waals surface area (Å²) in [7, 11) is 1.69. The van der Waals surface area contributed by atoms with E-state index in [-0.39, 0.29) is 17.8 Å². The molecule has 4 aromatic rings. The molecule has 0 amide bonds. The van der Waals surface area contributed by atoms with Gasteiger partial charge in [-0.2, -0.15) is 0 Å². The second kappa shape index (κ2) is 11.7. The fraction of sp³-hybridized carbons (Fsp3) is 0.484. The fourth-order valence-corrected chi connectivity index (χ4v) is 5.66. The number of nitrogens with zero attached hydrogens (tertiary/aromatic N) is 5. The molecule has 2 aromatic carbocycles. The molecule has 1 aliphatic heterocycles. The second-order valence-electron chi connectivity index (χ2n) is 11.0. The Morgan fingerprint density at radius 1 is 1.05 bits per heavy atom. The number of piperidine rings is 1. The first-order valence-electron chi connectivity index (χ1n) is 14.1. The predicted molar refractivity (Wildman–Crippen MR) is 155 cm³/mol. The van der Waals surface area contributed by atoms with Gasteiger partial charge < -0.3 is 18.9 Å². The van der Waals surface area contributed by atoms with E-state index in [4.69, 9.17) is 9.47 Å². The summed E-state index contributed by atoms with van der Waals surface area (Å²) in [5, 5.41) is 0. The highest BCUT2D eigenvalue weighted by atomic mass is 16.5. The van der Waals surface area contributed by atoms with Crippen LogP contribution in [0.1, 0.15) is 50.5 Å². The van der Waals surface area contributed by atoms with Gasteiger partial charge in [-0.05, 0) is 62.8 Å². The van der Waals surface area contributed by atoms with Crippen LogP contribution in [0, 0.1) is 19.8 Å². The number of likely N-dealkylation sites (tertiary alicyclic amines) is 1. The number of aromatic nitrogens is 4. The quantitative estimate of drug-likeness (QED) is 0.279. The molecule has 5 rings (SSSR count). The first-order chi connectivity index (χ1) is 18.9. The highest BCUT2D eigenvalue weighted by molar-refractivity contribution is 5.76. The monoisotopic (exact) mass is 531 g/mol. The molecule has 0 aliphatic carbocycles. The van der Waals surface area contributed by atoms with E-state index in [9.17, 15) is 4.79 Å². The van der Waals surface area contributed by atoms with Crippen molar-refractivity contribution in [1.82, 2.24) is 23.6 Å². The molecule has 1 atom stereocenters. The van der Waals surface area contributed by atoms with Crippen LogP contribution in [-0.2, 0) is 6.67 Å². The smallest absolute Gasteiger partial charge is 0.330 e. The number of hydrogen-bond acceptors (Lipinski definition) is 5. The van der Waals surface area contributed by atoms with Crippen LogP contribution in [0.2, 0.25) is 0 Å². The van der Waals surface area contributed by atoms with Gasteiger partial charge >= 0.3 is 5.69 Å². The zero-order valence-electron chi connectivity index (χ0n) is 23.8. The van der Waals surface area contributed by atoms with Crippen LogP contribution in [0.3, 0.4) is 0 Å². The molecule has 3 heterocycles. The summed E-state index contributed by atoms with van der Waals surface area (Å²) < 4.78 is 17.8. The van der Waals surface area contributed by atoms with E-state index in [0.717, 1.165) is 72.8 Å². The third kappa shape index (κ3) is 5.76. The summed E-state index contributed by atoms with van der Waals surface area (Å²) in [6.45, 7) is 11.9. The first-order valence-corrected chi connectivity index (χ1v) is 14.1. The van der Waals surface area contributed by atoms with Crippen molar-refractivity contribution in [3.05, 3.63) is 76.7 Å². The van der Waals surface area contributed by atoms with E-state index in [1.807, 2.05) is 63.2 Å².